The van der Waals surface area contributed by atoms with Gasteiger partial charge in [0.2, 0.25) is 5.88 Å². The number of nitrogens with two attached hydrogens (primary N) is 1. The Kier molecular flexibility index (Phi) is 6.87. The zero-order chi connectivity index (χ0) is 27.4. The van der Waals surface area contributed by atoms with Crippen molar-refractivity contribution in [2.45, 2.75) is 76.9 Å². The van der Waals surface area contributed by atoms with Crippen LogP contribution in [0.5, 0.6) is 5.88 Å². The van der Waals surface area contributed by atoms with Gasteiger partial charge in [-0.2, -0.15) is 0 Å². The van der Waals surface area contributed by atoms with Gasteiger partial charge in [0, 0.05) is 38.7 Å². The van der Waals surface area contributed by atoms with Gasteiger partial charge in [0.15, 0.2) is 0 Å². The van der Waals surface area contributed by atoms with Crippen molar-refractivity contribution >= 4 is 17.8 Å². The number of imide groups is 1. The molecule has 2 aliphatic heterocycles. The number of rotatable bonds is 8. The summed E-state index contributed by atoms with van der Waals surface area (Å²) in [6, 6.07) is -1.21. The van der Waals surface area contributed by atoms with E-state index in [2.05, 4.69) is 6.92 Å². The SMILES string of the molecule is CN1C(=O)[C@H](CC2(C)CCC(n3c(=O)c(C(=N)N)c(O)n(CC4CC4)c3=O)CC2)N(C[C@H]2CCOC2)C1=O. The number of carbonyl (C=O) groups is 2. The van der Waals surface area contributed by atoms with Crippen LogP contribution in [-0.4, -0.2) is 74.7 Å². The average Bonchev–Trinajstić information content (AvgIpc) is 3.50. The molecule has 5 rings (SSSR count). The first kappa shape index (κ1) is 26.5. The van der Waals surface area contributed by atoms with E-state index in [1.807, 2.05) is 0 Å². The van der Waals surface area contributed by atoms with E-state index < -0.39 is 35.0 Å². The quantitative estimate of drug-likeness (QED) is 0.258. The monoisotopic (exact) mass is 530 g/mol. The number of amidine groups is 1. The molecule has 0 radical (unpaired) electrons. The lowest BCUT2D eigenvalue weighted by atomic mass is 9.70. The normalized spacial score (nSPS) is 29.9. The van der Waals surface area contributed by atoms with E-state index in [1.54, 1.807) is 4.90 Å². The minimum absolute atomic E-state index is 0.193. The summed E-state index contributed by atoms with van der Waals surface area (Å²) in [6.07, 6.45) is 5.65. The Morgan fingerprint density at radius 1 is 1.08 bits per heavy atom. The van der Waals surface area contributed by atoms with Crippen LogP contribution in [0.3, 0.4) is 0 Å². The fourth-order valence-corrected chi connectivity index (χ4v) is 6.35. The lowest BCUT2D eigenvalue weighted by molar-refractivity contribution is -0.128. The molecular formula is C26H38N6O6. The molecule has 0 unspecified atom stereocenters. The number of likely N-dealkylation sites (N-methyl/N-ethyl adjacent to an activating group) is 1. The highest BCUT2D eigenvalue weighted by atomic mass is 16.5. The second kappa shape index (κ2) is 9.87. The molecule has 2 aliphatic carbocycles. The second-order valence-corrected chi connectivity index (χ2v) is 11.9. The molecule has 1 aromatic heterocycles. The van der Waals surface area contributed by atoms with Crippen LogP contribution in [0, 0.1) is 22.7 Å². The van der Waals surface area contributed by atoms with Gasteiger partial charge in [-0.25, -0.2) is 9.59 Å². The summed E-state index contributed by atoms with van der Waals surface area (Å²) >= 11 is 0. The highest BCUT2D eigenvalue weighted by molar-refractivity contribution is 6.03. The number of aromatic nitrogens is 2. The summed E-state index contributed by atoms with van der Waals surface area (Å²) in [5.74, 6) is -0.798. The Hall–Kier alpha value is -3.15. The number of aromatic hydroxyl groups is 1. The molecule has 0 aromatic carbocycles. The Morgan fingerprint density at radius 3 is 2.34 bits per heavy atom. The highest BCUT2D eigenvalue weighted by Gasteiger charge is 2.47. The third-order valence-electron chi connectivity index (χ3n) is 8.97. The minimum atomic E-state index is -0.733. The van der Waals surface area contributed by atoms with E-state index in [4.69, 9.17) is 15.9 Å². The van der Waals surface area contributed by atoms with Gasteiger partial charge in [0.25, 0.3) is 11.5 Å². The van der Waals surface area contributed by atoms with Crippen LogP contribution in [0.15, 0.2) is 9.59 Å². The predicted octanol–water partition coefficient (Wildman–Crippen LogP) is 1.22. The van der Waals surface area contributed by atoms with Crippen LogP contribution in [0.1, 0.15) is 69.9 Å². The smallest absolute Gasteiger partial charge is 0.334 e. The van der Waals surface area contributed by atoms with Crippen LogP contribution in [0.2, 0.25) is 0 Å². The number of nitrogens with zero attached hydrogens (tertiary/aromatic N) is 4. The molecular weight excluding hydrogens is 492 g/mol. The summed E-state index contributed by atoms with van der Waals surface area (Å²) in [5.41, 5.74) is 3.75. The van der Waals surface area contributed by atoms with Crippen molar-refractivity contribution < 1.29 is 19.4 Å². The third kappa shape index (κ3) is 4.74. The summed E-state index contributed by atoms with van der Waals surface area (Å²) in [4.78, 5) is 55.4. The molecule has 1 aromatic rings. The van der Waals surface area contributed by atoms with Gasteiger partial charge in [0.05, 0.1) is 6.61 Å². The highest BCUT2D eigenvalue weighted by Crippen LogP contribution is 2.45. The van der Waals surface area contributed by atoms with Gasteiger partial charge in [-0.05, 0) is 62.7 Å². The summed E-state index contributed by atoms with van der Waals surface area (Å²) in [5, 5.41) is 18.5. The molecule has 38 heavy (non-hydrogen) atoms. The van der Waals surface area contributed by atoms with Crippen LogP contribution >= 0.6 is 0 Å². The van der Waals surface area contributed by atoms with E-state index in [-0.39, 0.29) is 34.8 Å². The average molecular weight is 531 g/mol. The van der Waals surface area contributed by atoms with Crippen molar-refractivity contribution in [3.63, 3.8) is 0 Å². The first-order valence-corrected chi connectivity index (χ1v) is 13.6. The fraction of sp³-hybridized carbons (Fsp3) is 0.731. The maximum Gasteiger partial charge on any atom is 0.334 e. The van der Waals surface area contributed by atoms with E-state index in [9.17, 15) is 24.3 Å². The number of hydrogen-bond acceptors (Lipinski definition) is 7. The maximum atomic E-state index is 13.4. The zero-order valence-electron chi connectivity index (χ0n) is 22.1. The number of carbonyl (C=O) groups excluding carboxylic acids is 2. The molecule has 4 aliphatic rings. The van der Waals surface area contributed by atoms with Crippen LogP contribution in [0.25, 0.3) is 0 Å². The largest absolute Gasteiger partial charge is 0.494 e. The van der Waals surface area contributed by atoms with Gasteiger partial charge in [0.1, 0.15) is 17.4 Å². The first-order valence-electron chi connectivity index (χ1n) is 13.6. The van der Waals surface area contributed by atoms with Crippen molar-refractivity contribution in [1.82, 2.24) is 18.9 Å². The predicted molar refractivity (Wildman–Crippen MR) is 138 cm³/mol. The maximum absolute atomic E-state index is 13.4. The number of amides is 3. The van der Waals surface area contributed by atoms with E-state index in [0.717, 1.165) is 19.3 Å². The van der Waals surface area contributed by atoms with Crippen molar-refractivity contribution in [3.05, 3.63) is 26.4 Å². The molecule has 2 atom stereocenters. The number of ether oxygens (including phenoxy) is 1. The summed E-state index contributed by atoms with van der Waals surface area (Å²) in [7, 11) is 1.53. The summed E-state index contributed by atoms with van der Waals surface area (Å²) < 4.78 is 7.83. The Labute approximate surface area is 220 Å². The molecule has 2 saturated heterocycles. The molecule has 0 spiro atoms. The van der Waals surface area contributed by atoms with Gasteiger partial charge < -0.3 is 20.5 Å². The van der Waals surface area contributed by atoms with Crippen molar-refractivity contribution in [2.24, 2.45) is 23.0 Å². The molecule has 3 amide bonds. The van der Waals surface area contributed by atoms with Crippen molar-refractivity contribution in [2.75, 3.05) is 26.8 Å². The van der Waals surface area contributed by atoms with Crippen molar-refractivity contribution in [3.8, 4) is 5.88 Å². The lowest BCUT2D eigenvalue weighted by Gasteiger charge is -2.40. The van der Waals surface area contributed by atoms with Gasteiger partial charge in [-0.15, -0.1) is 0 Å². The molecule has 12 nitrogen and oxygen atoms in total. The van der Waals surface area contributed by atoms with Gasteiger partial charge in [-0.3, -0.25) is 29.0 Å². The van der Waals surface area contributed by atoms with Crippen LogP contribution in [-0.2, 0) is 16.1 Å². The van der Waals surface area contributed by atoms with Crippen LogP contribution < -0.4 is 17.0 Å². The molecule has 4 N–H and O–H groups in total. The molecule has 2 saturated carbocycles. The third-order valence-corrected chi connectivity index (χ3v) is 8.97. The van der Waals surface area contributed by atoms with Gasteiger partial charge >= 0.3 is 11.7 Å². The Morgan fingerprint density at radius 2 is 1.76 bits per heavy atom. The molecule has 3 heterocycles. The number of nitrogen functional groups attached to an aromatic ring is 1. The number of urea groups is 1. The number of nitrogens with one attached hydrogen (secondary N) is 1. The van der Waals surface area contributed by atoms with Crippen LogP contribution in [0.4, 0.5) is 4.79 Å². The Bertz CT molecular complexity index is 1250. The lowest BCUT2D eigenvalue weighted by Crippen LogP contribution is -2.47. The molecule has 0 bridgehead atoms. The van der Waals surface area contributed by atoms with Crippen molar-refractivity contribution in [1.29, 1.82) is 5.41 Å². The minimum Gasteiger partial charge on any atom is -0.494 e. The van der Waals surface area contributed by atoms with E-state index in [1.165, 1.54) is 21.1 Å². The zero-order valence-corrected chi connectivity index (χ0v) is 22.1. The molecule has 208 valence electrons. The second-order valence-electron chi connectivity index (χ2n) is 11.9. The first-order chi connectivity index (χ1) is 18.0. The number of hydrogen-bond donors (Lipinski definition) is 3. The van der Waals surface area contributed by atoms with E-state index >= 15 is 0 Å². The van der Waals surface area contributed by atoms with Gasteiger partial charge in [-0.1, -0.05) is 6.92 Å². The van der Waals surface area contributed by atoms with E-state index in [0.29, 0.717) is 58.4 Å². The standard InChI is InChI=1S/C26H38N6O6/c1-26(11-18-21(33)29(2)24(36)30(18)13-16-7-10-38-14-16)8-5-17(6-9-26)32-23(35)19(20(27)28)22(34)31(25(32)37)12-15-3-4-15/h15-18,34H,3-14H2,1-2H3,(H3,27,28)/t16-,17?,18+,26?/m1/s1. The summed E-state index contributed by atoms with van der Waals surface area (Å²) in [6.45, 7) is 4.15. The molecule has 12 heteroatoms. The topological polar surface area (TPSA) is 164 Å². The molecule has 4 fully saturated rings. The Balaban J connectivity index is 1.35. The fourth-order valence-electron chi connectivity index (χ4n) is 6.35.